The molecule has 1 amide bonds. The Hall–Kier alpha value is -1.49. The summed E-state index contributed by atoms with van der Waals surface area (Å²) >= 11 is 0. The lowest BCUT2D eigenvalue weighted by molar-refractivity contribution is 0.0924. The maximum atomic E-state index is 12.3. The Balaban J connectivity index is 2.01. The van der Waals surface area contributed by atoms with Gasteiger partial charge < -0.3 is 5.32 Å². The number of aryl methyl sites for hydroxylation is 1. The van der Waals surface area contributed by atoms with Gasteiger partial charge in [0, 0.05) is 25.2 Å². The summed E-state index contributed by atoms with van der Waals surface area (Å²) in [6, 6.07) is 2.53. The van der Waals surface area contributed by atoms with Crippen LogP contribution in [-0.4, -0.2) is 46.2 Å². The predicted octanol–water partition coefficient (Wildman–Crippen LogP) is 1.50. The zero-order chi connectivity index (χ0) is 14.7. The molecule has 5 nitrogen and oxygen atoms in total. The van der Waals surface area contributed by atoms with Crippen LogP contribution in [0.15, 0.2) is 12.3 Å². The molecule has 1 fully saturated rings. The molecule has 20 heavy (non-hydrogen) atoms. The van der Waals surface area contributed by atoms with Crippen molar-refractivity contribution >= 4 is 5.91 Å². The summed E-state index contributed by atoms with van der Waals surface area (Å²) in [6.45, 7) is 10.5. The first kappa shape index (κ1) is 14.9. The third-order valence-electron chi connectivity index (χ3n) is 4.04. The van der Waals surface area contributed by atoms with Gasteiger partial charge in [-0.3, -0.25) is 9.69 Å². The molecule has 0 spiro atoms. The van der Waals surface area contributed by atoms with Crippen molar-refractivity contribution in [1.29, 1.82) is 0 Å². The van der Waals surface area contributed by atoms with Crippen LogP contribution in [0.3, 0.4) is 0 Å². The molecule has 0 bridgehead atoms. The van der Waals surface area contributed by atoms with Crippen LogP contribution in [0.25, 0.3) is 0 Å². The van der Waals surface area contributed by atoms with E-state index in [1.807, 2.05) is 13.0 Å². The van der Waals surface area contributed by atoms with Crippen molar-refractivity contribution < 1.29 is 4.79 Å². The summed E-state index contributed by atoms with van der Waals surface area (Å²) in [5.74, 6) is 0.346. The number of rotatable bonds is 4. The lowest BCUT2D eigenvalue weighted by Gasteiger charge is -2.20. The Kier molecular flexibility index (Phi) is 4.70. The first-order valence-corrected chi connectivity index (χ1v) is 7.37. The summed E-state index contributed by atoms with van der Waals surface area (Å²) in [5.41, 5.74) is 1.45. The van der Waals surface area contributed by atoms with E-state index in [0.29, 0.717) is 17.7 Å². The fourth-order valence-corrected chi connectivity index (χ4v) is 2.57. The maximum Gasteiger partial charge on any atom is 0.272 e. The Morgan fingerprint density at radius 2 is 2.25 bits per heavy atom. The second kappa shape index (κ2) is 6.31. The molecular weight excluding hydrogens is 252 g/mol. The van der Waals surface area contributed by atoms with Crippen molar-refractivity contribution in [2.75, 3.05) is 13.1 Å². The van der Waals surface area contributed by atoms with Crippen molar-refractivity contribution in [3.63, 3.8) is 0 Å². The minimum atomic E-state index is -0.116. The van der Waals surface area contributed by atoms with Gasteiger partial charge in [-0.15, -0.1) is 5.10 Å². The number of carbonyl (C=O) groups is 1. The molecule has 2 atom stereocenters. The topological polar surface area (TPSA) is 58.1 Å². The predicted molar refractivity (Wildman–Crippen MR) is 78.5 cm³/mol. The van der Waals surface area contributed by atoms with Crippen LogP contribution >= 0.6 is 0 Å². The van der Waals surface area contributed by atoms with Crippen LogP contribution in [0.2, 0.25) is 0 Å². The molecule has 0 unspecified atom stereocenters. The molecular formula is C15H24N4O. The quantitative estimate of drug-likeness (QED) is 0.905. The summed E-state index contributed by atoms with van der Waals surface area (Å²) < 4.78 is 0. The Bertz CT molecular complexity index is 475. The van der Waals surface area contributed by atoms with Gasteiger partial charge in [0.2, 0.25) is 0 Å². The zero-order valence-corrected chi connectivity index (χ0v) is 12.8. The van der Waals surface area contributed by atoms with E-state index in [-0.39, 0.29) is 11.9 Å². The van der Waals surface area contributed by atoms with Gasteiger partial charge in [-0.25, -0.2) is 0 Å². The Morgan fingerprint density at radius 3 is 2.85 bits per heavy atom. The van der Waals surface area contributed by atoms with Gasteiger partial charge in [0.05, 0.1) is 6.20 Å². The van der Waals surface area contributed by atoms with Gasteiger partial charge in [0.1, 0.15) is 0 Å². The van der Waals surface area contributed by atoms with E-state index >= 15 is 0 Å². The number of nitrogens with one attached hydrogen (secondary N) is 1. The molecule has 2 rings (SSSR count). The number of carbonyl (C=O) groups excluding carboxylic acids is 1. The smallest absolute Gasteiger partial charge is 0.272 e. The fraction of sp³-hybridized carbons (Fsp3) is 0.667. The van der Waals surface area contributed by atoms with E-state index in [2.05, 4.69) is 41.2 Å². The van der Waals surface area contributed by atoms with Crippen LogP contribution in [0.4, 0.5) is 0 Å². The van der Waals surface area contributed by atoms with E-state index < -0.39 is 0 Å². The minimum absolute atomic E-state index is 0.116. The van der Waals surface area contributed by atoms with Crippen LogP contribution in [-0.2, 0) is 6.42 Å². The van der Waals surface area contributed by atoms with Crippen molar-refractivity contribution in [3.05, 3.63) is 23.5 Å². The second-order valence-corrected chi connectivity index (χ2v) is 5.91. The van der Waals surface area contributed by atoms with Gasteiger partial charge in [0.15, 0.2) is 5.69 Å². The molecule has 2 heterocycles. The summed E-state index contributed by atoms with van der Waals surface area (Å²) in [7, 11) is 0. The number of aromatic nitrogens is 2. The molecule has 1 N–H and O–H groups in total. The number of likely N-dealkylation sites (tertiary alicyclic amines) is 1. The molecule has 1 aromatic heterocycles. The molecule has 0 radical (unpaired) electrons. The first-order chi connectivity index (χ1) is 9.51. The molecule has 110 valence electrons. The molecule has 0 aliphatic carbocycles. The minimum Gasteiger partial charge on any atom is -0.346 e. The van der Waals surface area contributed by atoms with Gasteiger partial charge >= 0.3 is 0 Å². The van der Waals surface area contributed by atoms with Crippen molar-refractivity contribution in [2.24, 2.45) is 5.92 Å². The average molecular weight is 276 g/mol. The normalized spacial score (nSPS) is 23.2. The number of hydrogen-bond donors (Lipinski definition) is 1. The fourth-order valence-electron chi connectivity index (χ4n) is 2.57. The number of nitrogens with zero attached hydrogens (tertiary/aromatic N) is 3. The lowest BCUT2D eigenvalue weighted by atomic mass is 10.1. The summed E-state index contributed by atoms with van der Waals surface area (Å²) in [6.07, 6.45) is 2.56. The van der Waals surface area contributed by atoms with Gasteiger partial charge in [-0.1, -0.05) is 13.8 Å². The standard InChI is InChI=1S/C15H24N4O/c1-5-12-6-13(18-16-7-12)15(20)17-14-9-19(10(2)3)8-11(14)4/h6-7,10-11,14H,5,8-9H2,1-4H3,(H,17,20)/t11-,14+/m1/s1. The molecule has 0 aromatic carbocycles. The highest BCUT2D eigenvalue weighted by atomic mass is 16.2. The van der Waals surface area contributed by atoms with Crippen molar-refractivity contribution in [2.45, 2.75) is 46.2 Å². The first-order valence-electron chi connectivity index (χ1n) is 7.37. The van der Waals surface area contributed by atoms with Gasteiger partial charge in [0.25, 0.3) is 5.91 Å². The summed E-state index contributed by atoms with van der Waals surface area (Å²) in [4.78, 5) is 14.7. The summed E-state index contributed by atoms with van der Waals surface area (Å²) in [5, 5.41) is 10.9. The number of hydrogen-bond acceptors (Lipinski definition) is 4. The van der Waals surface area contributed by atoms with Gasteiger partial charge in [-0.05, 0) is 37.8 Å². The Labute approximate surface area is 120 Å². The van der Waals surface area contributed by atoms with E-state index in [0.717, 1.165) is 25.1 Å². The lowest BCUT2D eigenvalue weighted by Crippen LogP contribution is -2.40. The van der Waals surface area contributed by atoms with E-state index in [4.69, 9.17) is 0 Å². The molecule has 1 saturated heterocycles. The molecule has 0 saturated carbocycles. The highest BCUT2D eigenvalue weighted by Gasteiger charge is 2.32. The average Bonchev–Trinajstić information content (AvgIpc) is 2.80. The van der Waals surface area contributed by atoms with Crippen LogP contribution in [0.5, 0.6) is 0 Å². The van der Waals surface area contributed by atoms with Crippen molar-refractivity contribution in [3.8, 4) is 0 Å². The molecule has 5 heteroatoms. The van der Waals surface area contributed by atoms with Crippen molar-refractivity contribution in [1.82, 2.24) is 20.4 Å². The molecule has 1 aliphatic heterocycles. The molecule has 1 aromatic rings. The molecule has 1 aliphatic rings. The van der Waals surface area contributed by atoms with Crippen LogP contribution < -0.4 is 5.32 Å². The third-order valence-corrected chi connectivity index (χ3v) is 4.04. The largest absolute Gasteiger partial charge is 0.346 e. The monoisotopic (exact) mass is 276 g/mol. The second-order valence-electron chi connectivity index (χ2n) is 5.91. The van der Waals surface area contributed by atoms with E-state index in [9.17, 15) is 4.79 Å². The van der Waals surface area contributed by atoms with Crippen LogP contribution in [0, 0.1) is 5.92 Å². The zero-order valence-electron chi connectivity index (χ0n) is 12.8. The Morgan fingerprint density at radius 1 is 1.50 bits per heavy atom. The van der Waals surface area contributed by atoms with Gasteiger partial charge in [-0.2, -0.15) is 5.10 Å². The highest BCUT2D eigenvalue weighted by molar-refractivity contribution is 5.92. The van der Waals surface area contributed by atoms with E-state index in [1.165, 1.54) is 0 Å². The third kappa shape index (κ3) is 3.33. The maximum absolute atomic E-state index is 12.3. The highest BCUT2D eigenvalue weighted by Crippen LogP contribution is 2.19. The van der Waals surface area contributed by atoms with E-state index in [1.54, 1.807) is 6.20 Å². The SMILES string of the molecule is CCc1cnnc(C(=O)N[C@H]2CN(C(C)C)C[C@H]2C)c1. The van der Waals surface area contributed by atoms with Crippen LogP contribution in [0.1, 0.15) is 43.7 Å². The number of amides is 1.